The second kappa shape index (κ2) is 7.14. The summed E-state index contributed by atoms with van der Waals surface area (Å²) in [6, 6.07) is 15.6. The summed E-state index contributed by atoms with van der Waals surface area (Å²) in [4.78, 5) is 0. The van der Waals surface area contributed by atoms with Gasteiger partial charge in [0.15, 0.2) is 11.5 Å². The number of hydrogen-bond donors (Lipinski definition) is 1. The highest BCUT2D eigenvalue weighted by Gasteiger charge is 2.15. The van der Waals surface area contributed by atoms with Crippen LogP contribution in [-0.2, 0) is 6.61 Å². The Labute approximate surface area is 126 Å². The van der Waals surface area contributed by atoms with E-state index in [0.717, 1.165) is 11.1 Å². The van der Waals surface area contributed by atoms with Gasteiger partial charge in [0.25, 0.3) is 0 Å². The Morgan fingerprint density at radius 1 is 1.00 bits per heavy atom. The maximum atomic E-state index is 10.1. The van der Waals surface area contributed by atoms with Crippen molar-refractivity contribution in [3.05, 3.63) is 59.7 Å². The highest BCUT2D eigenvalue weighted by Crippen LogP contribution is 2.32. The third kappa shape index (κ3) is 3.99. The molecule has 2 aromatic carbocycles. The average molecular weight is 286 g/mol. The standard InChI is InChI=1S/C18H22O3/c1-13(2)18(19)15-9-10-16(17(11-15)20-3)21-12-14-7-5-4-6-8-14/h4-11,13,18-19H,12H2,1-3H3. The molecule has 0 aromatic heterocycles. The maximum absolute atomic E-state index is 10.1. The van der Waals surface area contributed by atoms with Gasteiger partial charge in [0.2, 0.25) is 0 Å². The summed E-state index contributed by atoms with van der Waals surface area (Å²) in [5.74, 6) is 1.48. The maximum Gasteiger partial charge on any atom is 0.161 e. The predicted octanol–water partition coefficient (Wildman–Crippen LogP) is 3.96. The fourth-order valence-corrected chi connectivity index (χ4v) is 2.11. The normalized spacial score (nSPS) is 12.2. The summed E-state index contributed by atoms with van der Waals surface area (Å²) in [5, 5.41) is 10.1. The Kier molecular flexibility index (Phi) is 5.23. The molecule has 1 unspecified atom stereocenters. The molecule has 3 heteroatoms. The molecule has 2 aromatic rings. The van der Waals surface area contributed by atoms with Gasteiger partial charge in [0.1, 0.15) is 6.61 Å². The summed E-state index contributed by atoms with van der Waals surface area (Å²) in [5.41, 5.74) is 1.94. The summed E-state index contributed by atoms with van der Waals surface area (Å²) in [7, 11) is 1.61. The molecular weight excluding hydrogens is 264 g/mol. The lowest BCUT2D eigenvalue weighted by molar-refractivity contribution is 0.126. The van der Waals surface area contributed by atoms with Crippen molar-refractivity contribution < 1.29 is 14.6 Å². The van der Waals surface area contributed by atoms with Gasteiger partial charge in [-0.1, -0.05) is 50.2 Å². The molecule has 0 spiro atoms. The first-order chi connectivity index (χ1) is 10.1. The van der Waals surface area contributed by atoms with Crippen molar-refractivity contribution in [2.45, 2.75) is 26.6 Å². The highest BCUT2D eigenvalue weighted by atomic mass is 16.5. The van der Waals surface area contributed by atoms with Gasteiger partial charge in [-0.2, -0.15) is 0 Å². The van der Waals surface area contributed by atoms with Gasteiger partial charge in [-0.05, 0) is 29.2 Å². The minimum absolute atomic E-state index is 0.158. The molecule has 1 N–H and O–H groups in total. The fraction of sp³-hybridized carbons (Fsp3) is 0.333. The molecule has 3 nitrogen and oxygen atoms in total. The van der Waals surface area contributed by atoms with Gasteiger partial charge in [-0.3, -0.25) is 0 Å². The molecular formula is C18H22O3. The van der Waals surface area contributed by atoms with Gasteiger partial charge in [0, 0.05) is 0 Å². The minimum atomic E-state index is -0.498. The van der Waals surface area contributed by atoms with Crippen LogP contribution < -0.4 is 9.47 Å². The van der Waals surface area contributed by atoms with Crippen LogP contribution in [0, 0.1) is 5.92 Å². The van der Waals surface area contributed by atoms with E-state index in [4.69, 9.17) is 9.47 Å². The molecule has 0 bridgehead atoms. The molecule has 2 rings (SSSR count). The molecule has 0 radical (unpaired) electrons. The van der Waals surface area contributed by atoms with Crippen molar-refractivity contribution in [3.63, 3.8) is 0 Å². The van der Waals surface area contributed by atoms with Gasteiger partial charge in [-0.25, -0.2) is 0 Å². The number of methoxy groups -OCH3 is 1. The van der Waals surface area contributed by atoms with Crippen molar-refractivity contribution >= 4 is 0 Å². The number of rotatable bonds is 6. The van der Waals surface area contributed by atoms with Crippen LogP contribution in [0.3, 0.4) is 0 Å². The lowest BCUT2D eigenvalue weighted by atomic mass is 9.99. The van der Waals surface area contributed by atoms with E-state index in [2.05, 4.69) is 0 Å². The molecule has 0 aliphatic carbocycles. The lowest BCUT2D eigenvalue weighted by Crippen LogP contribution is -2.06. The Balaban J connectivity index is 2.13. The van der Waals surface area contributed by atoms with E-state index >= 15 is 0 Å². The molecule has 0 fully saturated rings. The highest BCUT2D eigenvalue weighted by molar-refractivity contribution is 5.43. The summed E-state index contributed by atoms with van der Waals surface area (Å²) in [6.45, 7) is 4.46. The SMILES string of the molecule is COc1cc(C(O)C(C)C)ccc1OCc1ccccc1. The zero-order valence-corrected chi connectivity index (χ0v) is 12.7. The number of benzene rings is 2. The molecule has 1 atom stereocenters. The second-order valence-corrected chi connectivity index (χ2v) is 5.37. The van der Waals surface area contributed by atoms with E-state index in [-0.39, 0.29) is 5.92 Å². The first kappa shape index (κ1) is 15.4. The zero-order chi connectivity index (χ0) is 15.2. The Morgan fingerprint density at radius 3 is 2.33 bits per heavy atom. The van der Waals surface area contributed by atoms with E-state index in [1.807, 2.05) is 62.4 Å². The van der Waals surface area contributed by atoms with Crippen LogP contribution in [0.4, 0.5) is 0 Å². The Hall–Kier alpha value is -2.00. The Morgan fingerprint density at radius 2 is 1.71 bits per heavy atom. The topological polar surface area (TPSA) is 38.7 Å². The fourth-order valence-electron chi connectivity index (χ4n) is 2.11. The monoisotopic (exact) mass is 286 g/mol. The molecule has 0 saturated heterocycles. The van der Waals surface area contributed by atoms with Gasteiger partial charge in [-0.15, -0.1) is 0 Å². The molecule has 0 saturated carbocycles. The second-order valence-electron chi connectivity index (χ2n) is 5.37. The quantitative estimate of drug-likeness (QED) is 0.873. The van der Waals surface area contributed by atoms with Crippen molar-refractivity contribution in [1.82, 2.24) is 0 Å². The molecule has 21 heavy (non-hydrogen) atoms. The average Bonchev–Trinajstić information content (AvgIpc) is 2.53. The molecule has 0 amide bonds. The van der Waals surface area contributed by atoms with E-state index in [9.17, 15) is 5.11 Å². The summed E-state index contributed by atoms with van der Waals surface area (Å²) in [6.07, 6.45) is -0.498. The summed E-state index contributed by atoms with van der Waals surface area (Å²) < 4.78 is 11.2. The van der Waals surface area contributed by atoms with Crippen LogP contribution in [-0.4, -0.2) is 12.2 Å². The van der Waals surface area contributed by atoms with Crippen LogP contribution in [0.5, 0.6) is 11.5 Å². The lowest BCUT2D eigenvalue weighted by Gasteiger charge is -2.17. The molecule has 0 aliphatic heterocycles. The van der Waals surface area contributed by atoms with Gasteiger partial charge >= 0.3 is 0 Å². The van der Waals surface area contributed by atoms with Gasteiger partial charge in [0.05, 0.1) is 13.2 Å². The molecule has 0 aliphatic rings. The van der Waals surface area contributed by atoms with Crippen molar-refractivity contribution in [2.24, 2.45) is 5.92 Å². The van der Waals surface area contributed by atoms with Crippen molar-refractivity contribution in [3.8, 4) is 11.5 Å². The van der Waals surface area contributed by atoms with Crippen LogP contribution >= 0.6 is 0 Å². The van der Waals surface area contributed by atoms with Crippen LogP contribution in [0.25, 0.3) is 0 Å². The van der Waals surface area contributed by atoms with E-state index in [1.54, 1.807) is 7.11 Å². The molecule has 0 heterocycles. The third-order valence-corrected chi connectivity index (χ3v) is 3.40. The molecule has 112 valence electrons. The van der Waals surface area contributed by atoms with Crippen LogP contribution in [0.2, 0.25) is 0 Å². The van der Waals surface area contributed by atoms with Crippen LogP contribution in [0.1, 0.15) is 31.1 Å². The van der Waals surface area contributed by atoms with Crippen molar-refractivity contribution in [2.75, 3.05) is 7.11 Å². The van der Waals surface area contributed by atoms with Crippen LogP contribution in [0.15, 0.2) is 48.5 Å². The smallest absolute Gasteiger partial charge is 0.161 e. The Bertz CT molecular complexity index is 564. The number of aliphatic hydroxyl groups excluding tert-OH is 1. The van der Waals surface area contributed by atoms with Gasteiger partial charge < -0.3 is 14.6 Å². The van der Waals surface area contributed by atoms with E-state index in [0.29, 0.717) is 18.1 Å². The first-order valence-electron chi connectivity index (χ1n) is 7.14. The third-order valence-electron chi connectivity index (χ3n) is 3.40. The number of ether oxygens (including phenoxy) is 2. The van der Waals surface area contributed by atoms with E-state index in [1.165, 1.54) is 0 Å². The predicted molar refractivity (Wildman–Crippen MR) is 83.6 cm³/mol. The van der Waals surface area contributed by atoms with E-state index < -0.39 is 6.10 Å². The number of hydrogen-bond acceptors (Lipinski definition) is 3. The summed E-state index contributed by atoms with van der Waals surface area (Å²) >= 11 is 0. The minimum Gasteiger partial charge on any atom is -0.493 e. The largest absolute Gasteiger partial charge is 0.493 e. The first-order valence-corrected chi connectivity index (χ1v) is 7.14. The zero-order valence-electron chi connectivity index (χ0n) is 12.7. The van der Waals surface area contributed by atoms with Crippen molar-refractivity contribution in [1.29, 1.82) is 0 Å². The number of aliphatic hydroxyl groups is 1.